The number of ether oxygens (including phenoxy) is 2. The van der Waals surface area contributed by atoms with Crippen LogP contribution in [0.3, 0.4) is 0 Å². The number of hydrogen-bond donors (Lipinski definition) is 1. The number of amides is 2. The summed E-state index contributed by atoms with van der Waals surface area (Å²) in [6, 6.07) is 11.5. The van der Waals surface area contributed by atoms with E-state index < -0.39 is 0 Å². The largest absolute Gasteiger partial charge is 0.484 e. The zero-order valence-corrected chi connectivity index (χ0v) is 18.9. The molecule has 31 heavy (non-hydrogen) atoms. The maximum Gasteiger partial charge on any atom is 0.261 e. The fourth-order valence-corrected chi connectivity index (χ4v) is 3.58. The molecule has 1 aliphatic heterocycles. The maximum atomic E-state index is 12.9. The quantitative estimate of drug-likeness (QED) is 0.697. The summed E-state index contributed by atoms with van der Waals surface area (Å²) in [4.78, 5) is 27.2. The van der Waals surface area contributed by atoms with Gasteiger partial charge in [-0.25, -0.2) is 0 Å². The van der Waals surface area contributed by atoms with E-state index in [9.17, 15) is 9.59 Å². The van der Waals surface area contributed by atoms with Crippen LogP contribution in [-0.4, -0.2) is 49.1 Å². The second-order valence-corrected chi connectivity index (χ2v) is 8.24. The van der Waals surface area contributed by atoms with E-state index in [-0.39, 0.29) is 31.1 Å². The Morgan fingerprint density at radius 3 is 2.61 bits per heavy atom. The van der Waals surface area contributed by atoms with Gasteiger partial charge in [0, 0.05) is 18.8 Å². The molecule has 2 aromatic carbocycles. The molecule has 1 aliphatic rings. The van der Waals surface area contributed by atoms with Gasteiger partial charge < -0.3 is 19.7 Å². The molecule has 1 atom stereocenters. The van der Waals surface area contributed by atoms with E-state index >= 15 is 0 Å². The smallest absolute Gasteiger partial charge is 0.261 e. The standard InChI is InChI=1S/C25H32N2O4/c1-17-10-11-21(13-19(17)3)31-16-25(29)27(14-22-8-6-12-30-22)15-24(28)26-23-9-5-7-18(2)20(23)4/h5,7,9-11,13,22H,6,8,12,14-16H2,1-4H3,(H,26,28)/t22-/m0/s1. The molecular weight excluding hydrogens is 392 g/mol. The predicted octanol–water partition coefficient (Wildman–Crippen LogP) is 3.95. The lowest BCUT2D eigenvalue weighted by Gasteiger charge is -2.25. The van der Waals surface area contributed by atoms with Gasteiger partial charge in [-0.3, -0.25) is 9.59 Å². The second kappa shape index (κ2) is 10.4. The highest BCUT2D eigenvalue weighted by Gasteiger charge is 2.25. The summed E-state index contributed by atoms with van der Waals surface area (Å²) >= 11 is 0. The second-order valence-electron chi connectivity index (χ2n) is 8.24. The molecule has 0 aliphatic carbocycles. The van der Waals surface area contributed by atoms with Crippen LogP contribution in [0.2, 0.25) is 0 Å². The van der Waals surface area contributed by atoms with Crippen molar-refractivity contribution in [3.05, 3.63) is 58.7 Å². The summed E-state index contributed by atoms with van der Waals surface area (Å²) < 4.78 is 11.4. The van der Waals surface area contributed by atoms with E-state index in [1.54, 1.807) is 0 Å². The van der Waals surface area contributed by atoms with Gasteiger partial charge in [-0.1, -0.05) is 18.2 Å². The zero-order chi connectivity index (χ0) is 22.4. The maximum absolute atomic E-state index is 12.9. The molecule has 1 saturated heterocycles. The SMILES string of the molecule is Cc1ccc(OCC(=O)N(CC(=O)Nc2cccc(C)c2C)C[C@@H]2CCCO2)cc1C. The first-order valence-electron chi connectivity index (χ1n) is 10.8. The van der Waals surface area contributed by atoms with E-state index in [0.717, 1.165) is 35.2 Å². The highest BCUT2D eigenvalue weighted by Crippen LogP contribution is 2.19. The van der Waals surface area contributed by atoms with Crippen molar-refractivity contribution in [3.8, 4) is 5.75 Å². The van der Waals surface area contributed by atoms with Crippen LogP contribution in [0, 0.1) is 27.7 Å². The van der Waals surface area contributed by atoms with Crippen molar-refractivity contribution in [1.82, 2.24) is 4.90 Å². The minimum absolute atomic E-state index is 0.0393. The molecule has 166 valence electrons. The lowest BCUT2D eigenvalue weighted by Crippen LogP contribution is -2.44. The van der Waals surface area contributed by atoms with Crippen LogP contribution >= 0.6 is 0 Å². The van der Waals surface area contributed by atoms with Crippen molar-refractivity contribution in [1.29, 1.82) is 0 Å². The molecule has 0 bridgehead atoms. The highest BCUT2D eigenvalue weighted by atomic mass is 16.5. The number of aryl methyl sites for hydroxylation is 3. The van der Waals surface area contributed by atoms with Gasteiger partial charge in [0.2, 0.25) is 5.91 Å². The van der Waals surface area contributed by atoms with Crippen molar-refractivity contribution in [2.75, 3.05) is 31.6 Å². The van der Waals surface area contributed by atoms with Crippen molar-refractivity contribution in [2.24, 2.45) is 0 Å². The van der Waals surface area contributed by atoms with Crippen molar-refractivity contribution in [2.45, 2.75) is 46.6 Å². The van der Waals surface area contributed by atoms with Crippen molar-refractivity contribution in [3.63, 3.8) is 0 Å². The molecule has 6 heteroatoms. The van der Waals surface area contributed by atoms with Gasteiger partial charge in [-0.15, -0.1) is 0 Å². The number of rotatable bonds is 8. The topological polar surface area (TPSA) is 67.9 Å². The number of benzene rings is 2. The fraction of sp³-hybridized carbons (Fsp3) is 0.440. The number of hydrogen-bond acceptors (Lipinski definition) is 4. The Morgan fingerprint density at radius 1 is 1.10 bits per heavy atom. The summed E-state index contributed by atoms with van der Waals surface area (Å²) in [6.45, 7) is 8.93. The molecule has 0 aromatic heterocycles. The molecule has 0 radical (unpaired) electrons. The van der Waals surface area contributed by atoms with Crippen LogP contribution in [-0.2, 0) is 14.3 Å². The van der Waals surface area contributed by atoms with E-state index in [1.165, 1.54) is 10.5 Å². The Hall–Kier alpha value is -2.86. The summed E-state index contributed by atoms with van der Waals surface area (Å²) in [5.41, 5.74) is 5.16. The summed E-state index contributed by atoms with van der Waals surface area (Å²) in [6.07, 6.45) is 1.82. The van der Waals surface area contributed by atoms with E-state index in [0.29, 0.717) is 18.9 Å². The van der Waals surface area contributed by atoms with E-state index in [4.69, 9.17) is 9.47 Å². The van der Waals surface area contributed by atoms with Crippen molar-refractivity contribution >= 4 is 17.5 Å². The minimum atomic E-state index is -0.232. The van der Waals surface area contributed by atoms with Crippen LogP contribution in [0.1, 0.15) is 35.1 Å². The first kappa shape index (κ1) is 22.8. The van der Waals surface area contributed by atoms with E-state index in [1.807, 2.05) is 64.1 Å². The molecule has 0 saturated carbocycles. The van der Waals surface area contributed by atoms with Crippen LogP contribution in [0.4, 0.5) is 5.69 Å². The van der Waals surface area contributed by atoms with Gasteiger partial charge in [0.1, 0.15) is 12.3 Å². The molecular formula is C25H32N2O4. The lowest BCUT2D eigenvalue weighted by molar-refractivity contribution is -0.138. The molecule has 0 unspecified atom stereocenters. The van der Waals surface area contributed by atoms with Gasteiger partial charge in [0.25, 0.3) is 5.91 Å². The third-order valence-electron chi connectivity index (χ3n) is 5.85. The lowest BCUT2D eigenvalue weighted by atomic mass is 10.1. The number of nitrogens with zero attached hydrogens (tertiary/aromatic N) is 1. The normalized spacial score (nSPS) is 15.5. The Labute approximate surface area is 184 Å². The van der Waals surface area contributed by atoms with Gasteiger partial charge in [-0.2, -0.15) is 0 Å². The molecule has 6 nitrogen and oxygen atoms in total. The number of carbonyl (C=O) groups is 2. The van der Waals surface area contributed by atoms with E-state index in [2.05, 4.69) is 5.32 Å². The summed E-state index contributed by atoms with van der Waals surface area (Å²) in [7, 11) is 0. The molecule has 2 amide bonds. The Morgan fingerprint density at radius 2 is 1.90 bits per heavy atom. The fourth-order valence-electron chi connectivity index (χ4n) is 3.58. The average molecular weight is 425 g/mol. The first-order valence-corrected chi connectivity index (χ1v) is 10.8. The number of anilines is 1. The molecule has 0 spiro atoms. The number of nitrogens with one attached hydrogen (secondary N) is 1. The molecule has 1 heterocycles. The molecule has 1 N–H and O–H groups in total. The van der Waals surface area contributed by atoms with Crippen molar-refractivity contribution < 1.29 is 19.1 Å². The predicted molar refractivity (Wildman–Crippen MR) is 122 cm³/mol. The van der Waals surface area contributed by atoms with Crippen LogP contribution in [0.25, 0.3) is 0 Å². The third kappa shape index (κ3) is 6.31. The molecule has 3 rings (SSSR count). The Balaban J connectivity index is 1.64. The van der Waals surface area contributed by atoms with Gasteiger partial charge >= 0.3 is 0 Å². The number of carbonyl (C=O) groups excluding carboxylic acids is 2. The Bertz CT molecular complexity index is 935. The van der Waals surface area contributed by atoms with Crippen LogP contribution in [0.5, 0.6) is 5.75 Å². The van der Waals surface area contributed by atoms with Gasteiger partial charge in [0.05, 0.1) is 6.10 Å². The average Bonchev–Trinajstić information content (AvgIpc) is 3.25. The first-order chi connectivity index (χ1) is 14.8. The highest BCUT2D eigenvalue weighted by molar-refractivity contribution is 5.95. The monoisotopic (exact) mass is 424 g/mol. The molecule has 1 fully saturated rings. The minimum Gasteiger partial charge on any atom is -0.484 e. The Kier molecular flexibility index (Phi) is 7.69. The van der Waals surface area contributed by atoms with Gasteiger partial charge in [-0.05, 0) is 81.0 Å². The van der Waals surface area contributed by atoms with Crippen LogP contribution < -0.4 is 10.1 Å². The molecule has 2 aromatic rings. The van der Waals surface area contributed by atoms with Crippen LogP contribution in [0.15, 0.2) is 36.4 Å². The third-order valence-corrected chi connectivity index (χ3v) is 5.85. The van der Waals surface area contributed by atoms with Gasteiger partial charge in [0.15, 0.2) is 6.61 Å². The zero-order valence-electron chi connectivity index (χ0n) is 18.9. The summed E-state index contributed by atoms with van der Waals surface area (Å²) in [5, 5.41) is 2.93. The summed E-state index contributed by atoms with van der Waals surface area (Å²) in [5.74, 6) is 0.185.